The molecule has 0 aromatic heterocycles. The highest BCUT2D eigenvalue weighted by Gasteiger charge is 2.14. The summed E-state index contributed by atoms with van der Waals surface area (Å²) in [6, 6.07) is 0. The molecule has 0 heteroatoms. The molecule has 1 atom stereocenters. The standard InChI is InChI=1S/C8H11/c1-3-8-6-4-5-7(8)2/h2-3,8H,1,4-6H2. The molecule has 1 fully saturated rings. The predicted octanol–water partition coefficient (Wildman–Crippen LogP) is 2.33. The van der Waals surface area contributed by atoms with Gasteiger partial charge in [-0.3, -0.25) is 0 Å². The molecule has 0 spiro atoms. The van der Waals surface area contributed by atoms with Gasteiger partial charge in [-0.2, -0.15) is 0 Å². The van der Waals surface area contributed by atoms with E-state index in [-0.39, 0.29) is 0 Å². The second-order valence-electron chi connectivity index (χ2n) is 2.31. The van der Waals surface area contributed by atoms with Crippen molar-refractivity contribution in [1.82, 2.24) is 0 Å². The van der Waals surface area contributed by atoms with Crippen molar-refractivity contribution in [1.29, 1.82) is 0 Å². The third-order valence-electron chi connectivity index (χ3n) is 1.74. The minimum absolute atomic E-state index is 0.523. The second kappa shape index (κ2) is 2.17. The van der Waals surface area contributed by atoms with Crippen LogP contribution < -0.4 is 0 Å². The van der Waals surface area contributed by atoms with E-state index >= 15 is 0 Å². The van der Waals surface area contributed by atoms with E-state index in [1.807, 2.05) is 6.08 Å². The fraction of sp³-hybridized carbons (Fsp3) is 0.500. The van der Waals surface area contributed by atoms with E-state index < -0.39 is 0 Å². The quantitative estimate of drug-likeness (QED) is 0.451. The smallest absolute Gasteiger partial charge is 0.00227 e. The van der Waals surface area contributed by atoms with Gasteiger partial charge in [-0.25, -0.2) is 0 Å². The molecule has 1 aliphatic carbocycles. The zero-order chi connectivity index (χ0) is 5.98. The molecule has 8 heavy (non-hydrogen) atoms. The highest BCUT2D eigenvalue weighted by molar-refractivity contribution is 5.09. The van der Waals surface area contributed by atoms with Crippen LogP contribution in [0.5, 0.6) is 0 Å². The molecule has 1 rings (SSSR count). The van der Waals surface area contributed by atoms with Gasteiger partial charge < -0.3 is 0 Å². The summed E-state index contributed by atoms with van der Waals surface area (Å²) in [7, 11) is 0. The summed E-state index contributed by atoms with van der Waals surface area (Å²) in [5.41, 5.74) is 1.13. The average molecular weight is 107 g/mol. The Hall–Kier alpha value is -0.520. The average Bonchev–Trinajstić information content (AvgIpc) is 2.14. The van der Waals surface area contributed by atoms with E-state index in [9.17, 15) is 0 Å². The summed E-state index contributed by atoms with van der Waals surface area (Å²) in [6.07, 6.45) is 5.52. The number of rotatable bonds is 1. The van der Waals surface area contributed by atoms with Crippen molar-refractivity contribution in [3.8, 4) is 0 Å². The molecule has 0 aromatic rings. The number of hydrogen-bond donors (Lipinski definition) is 0. The van der Waals surface area contributed by atoms with Crippen LogP contribution in [0.1, 0.15) is 19.3 Å². The van der Waals surface area contributed by atoms with Crippen LogP contribution in [0.15, 0.2) is 18.2 Å². The fourth-order valence-corrected chi connectivity index (χ4v) is 1.17. The summed E-state index contributed by atoms with van der Waals surface area (Å²) in [5, 5.41) is 0. The second-order valence-corrected chi connectivity index (χ2v) is 2.31. The summed E-state index contributed by atoms with van der Waals surface area (Å²) in [6.45, 7) is 9.33. The van der Waals surface area contributed by atoms with Crippen molar-refractivity contribution in [2.24, 2.45) is 5.92 Å². The van der Waals surface area contributed by atoms with Gasteiger partial charge in [0.1, 0.15) is 0 Å². The van der Waals surface area contributed by atoms with E-state index in [2.05, 4.69) is 6.58 Å². The maximum absolute atomic E-state index is 5.63. The first-order valence-electron chi connectivity index (χ1n) is 3.08. The van der Waals surface area contributed by atoms with Gasteiger partial charge in [0.15, 0.2) is 0 Å². The lowest BCUT2D eigenvalue weighted by molar-refractivity contribution is 0.767. The van der Waals surface area contributed by atoms with E-state index in [0.29, 0.717) is 5.92 Å². The first kappa shape index (κ1) is 5.61. The highest BCUT2D eigenvalue weighted by atomic mass is 14.2. The third-order valence-corrected chi connectivity index (χ3v) is 1.74. The lowest BCUT2D eigenvalue weighted by atomic mass is 10.1. The van der Waals surface area contributed by atoms with Crippen molar-refractivity contribution in [2.45, 2.75) is 19.3 Å². The molecule has 1 radical (unpaired) electrons. The third kappa shape index (κ3) is 0.835. The van der Waals surface area contributed by atoms with Gasteiger partial charge >= 0.3 is 0 Å². The Bertz CT molecular complexity index is 111. The Kier molecular flexibility index (Phi) is 1.52. The Balaban J connectivity index is 2.54. The van der Waals surface area contributed by atoms with Crippen LogP contribution in [0.25, 0.3) is 0 Å². The van der Waals surface area contributed by atoms with Crippen LogP contribution in [0.4, 0.5) is 0 Å². The molecule has 43 valence electrons. The van der Waals surface area contributed by atoms with Crippen LogP contribution in [0.3, 0.4) is 0 Å². The van der Waals surface area contributed by atoms with Crippen molar-refractivity contribution < 1.29 is 0 Å². The van der Waals surface area contributed by atoms with Crippen LogP contribution in [0.2, 0.25) is 0 Å². The SMILES string of the molecule is [CH]=C1CCCC1C=C. The zero-order valence-corrected chi connectivity index (χ0v) is 5.06. The van der Waals surface area contributed by atoms with Gasteiger partial charge in [0, 0.05) is 0 Å². The molecule has 0 saturated heterocycles. The maximum atomic E-state index is 5.63. The van der Waals surface area contributed by atoms with E-state index in [1.165, 1.54) is 12.8 Å². The van der Waals surface area contributed by atoms with Crippen LogP contribution in [-0.2, 0) is 0 Å². The van der Waals surface area contributed by atoms with Gasteiger partial charge in [-0.05, 0) is 25.2 Å². The van der Waals surface area contributed by atoms with Crippen LogP contribution in [0, 0.1) is 12.5 Å². The van der Waals surface area contributed by atoms with Gasteiger partial charge in [-0.15, -0.1) is 6.58 Å². The molecule has 0 N–H and O–H groups in total. The molecule has 1 unspecified atom stereocenters. The Morgan fingerprint density at radius 3 is 2.75 bits per heavy atom. The predicted molar refractivity (Wildman–Crippen MR) is 35.4 cm³/mol. The van der Waals surface area contributed by atoms with Crippen molar-refractivity contribution in [2.75, 3.05) is 0 Å². The Morgan fingerprint density at radius 2 is 2.50 bits per heavy atom. The topological polar surface area (TPSA) is 0 Å². The van der Waals surface area contributed by atoms with Gasteiger partial charge in [0.25, 0.3) is 0 Å². The summed E-state index contributed by atoms with van der Waals surface area (Å²) >= 11 is 0. The first-order valence-corrected chi connectivity index (χ1v) is 3.08. The van der Waals surface area contributed by atoms with E-state index in [1.54, 1.807) is 0 Å². The summed E-state index contributed by atoms with van der Waals surface area (Å²) in [5.74, 6) is 0.523. The minimum atomic E-state index is 0.523. The minimum Gasteiger partial charge on any atom is -0.102 e. The molecule has 0 amide bonds. The lowest BCUT2D eigenvalue weighted by Gasteiger charge is -1.99. The number of hydrogen-bond acceptors (Lipinski definition) is 0. The maximum Gasteiger partial charge on any atom is -0.00227 e. The molecule has 0 bridgehead atoms. The first-order chi connectivity index (χ1) is 3.84. The molecule has 1 aliphatic rings. The van der Waals surface area contributed by atoms with Crippen molar-refractivity contribution in [3.63, 3.8) is 0 Å². The molecule has 0 aromatic carbocycles. The largest absolute Gasteiger partial charge is 0.102 e. The van der Waals surface area contributed by atoms with Crippen molar-refractivity contribution >= 4 is 0 Å². The van der Waals surface area contributed by atoms with Gasteiger partial charge in [0.2, 0.25) is 0 Å². The Morgan fingerprint density at radius 1 is 1.75 bits per heavy atom. The normalized spacial score (nSPS) is 28.5. The molecule has 0 aliphatic heterocycles. The van der Waals surface area contributed by atoms with Gasteiger partial charge in [-0.1, -0.05) is 18.2 Å². The van der Waals surface area contributed by atoms with Gasteiger partial charge in [0.05, 0.1) is 0 Å². The molecule has 0 heterocycles. The molecule has 0 nitrogen and oxygen atoms in total. The Labute approximate surface area is 50.9 Å². The van der Waals surface area contributed by atoms with E-state index in [0.717, 1.165) is 12.0 Å². The molecular formula is C8H11. The summed E-state index contributed by atoms with van der Waals surface area (Å²) < 4.78 is 0. The van der Waals surface area contributed by atoms with Crippen LogP contribution in [-0.4, -0.2) is 0 Å². The van der Waals surface area contributed by atoms with Crippen molar-refractivity contribution in [3.05, 3.63) is 24.8 Å². The lowest BCUT2D eigenvalue weighted by Crippen LogP contribution is -1.86. The highest BCUT2D eigenvalue weighted by Crippen LogP contribution is 2.29. The molecular weight excluding hydrogens is 96.1 g/mol. The van der Waals surface area contributed by atoms with E-state index in [4.69, 9.17) is 6.58 Å². The zero-order valence-electron chi connectivity index (χ0n) is 5.06. The summed E-state index contributed by atoms with van der Waals surface area (Å²) in [4.78, 5) is 0. The fourth-order valence-electron chi connectivity index (χ4n) is 1.17. The van der Waals surface area contributed by atoms with Crippen LogP contribution >= 0.6 is 0 Å². The number of allylic oxidation sites excluding steroid dienone is 2. The monoisotopic (exact) mass is 107 g/mol. The molecule has 1 saturated carbocycles.